The monoisotopic (exact) mass is 280 g/mol. The third-order valence-electron chi connectivity index (χ3n) is 3.67. The van der Waals surface area contributed by atoms with Crippen LogP contribution in [-0.4, -0.2) is 4.98 Å². The van der Waals surface area contributed by atoms with Crippen LogP contribution in [0.1, 0.15) is 22.9 Å². The lowest BCUT2D eigenvalue weighted by atomic mass is 9.96. The predicted molar refractivity (Wildman–Crippen MR) is 83.5 cm³/mol. The van der Waals surface area contributed by atoms with E-state index in [-0.39, 0.29) is 11.9 Å². The van der Waals surface area contributed by atoms with Gasteiger partial charge >= 0.3 is 0 Å². The van der Waals surface area contributed by atoms with Crippen molar-refractivity contribution in [1.82, 2.24) is 4.98 Å². The zero-order chi connectivity index (χ0) is 14.8. The number of pyridine rings is 1. The Morgan fingerprint density at radius 3 is 2.62 bits per heavy atom. The maximum atomic E-state index is 13.8. The van der Waals surface area contributed by atoms with Crippen LogP contribution in [0.3, 0.4) is 0 Å². The van der Waals surface area contributed by atoms with E-state index >= 15 is 0 Å². The number of aromatic nitrogens is 1. The highest BCUT2D eigenvalue weighted by molar-refractivity contribution is 5.82. The van der Waals surface area contributed by atoms with Crippen LogP contribution < -0.4 is 5.73 Å². The van der Waals surface area contributed by atoms with E-state index in [1.165, 1.54) is 6.07 Å². The van der Waals surface area contributed by atoms with Gasteiger partial charge in [-0.15, -0.1) is 0 Å². The van der Waals surface area contributed by atoms with Crippen molar-refractivity contribution in [2.75, 3.05) is 0 Å². The average Bonchev–Trinajstić information content (AvgIpc) is 2.48. The maximum absolute atomic E-state index is 13.8. The lowest BCUT2D eigenvalue weighted by Gasteiger charge is -2.16. The molecule has 0 aliphatic heterocycles. The molecule has 3 aromatic rings. The first-order chi connectivity index (χ1) is 10.1. The summed E-state index contributed by atoms with van der Waals surface area (Å²) >= 11 is 0. The molecule has 1 unspecified atom stereocenters. The molecule has 0 saturated carbocycles. The molecule has 1 aromatic heterocycles. The number of benzene rings is 2. The average molecular weight is 280 g/mol. The van der Waals surface area contributed by atoms with Crippen molar-refractivity contribution >= 4 is 10.9 Å². The molecule has 0 bridgehead atoms. The first-order valence-corrected chi connectivity index (χ1v) is 7.00. The van der Waals surface area contributed by atoms with E-state index in [1.807, 2.05) is 43.3 Å². The molecule has 0 radical (unpaired) electrons. The summed E-state index contributed by atoms with van der Waals surface area (Å²) in [5.74, 6) is -0.206. The summed E-state index contributed by atoms with van der Waals surface area (Å²) in [7, 11) is 0. The molecular formula is C18H17FN2. The van der Waals surface area contributed by atoms with Gasteiger partial charge in [0.15, 0.2) is 0 Å². The number of rotatable bonds is 3. The van der Waals surface area contributed by atoms with E-state index in [0.29, 0.717) is 12.0 Å². The standard InChI is InChI=1S/C18H17FN2/c1-12-10-15(14-7-3-5-9-18(14)21-12)17(20)11-13-6-2-4-8-16(13)19/h2-10,17H,11,20H2,1H3. The second-order valence-corrected chi connectivity index (χ2v) is 5.27. The van der Waals surface area contributed by atoms with Gasteiger partial charge in [-0.25, -0.2) is 4.39 Å². The van der Waals surface area contributed by atoms with E-state index < -0.39 is 0 Å². The summed E-state index contributed by atoms with van der Waals surface area (Å²) in [5, 5.41) is 1.03. The Labute approximate surface area is 123 Å². The Hall–Kier alpha value is -2.26. The van der Waals surface area contributed by atoms with Gasteiger partial charge < -0.3 is 5.73 Å². The van der Waals surface area contributed by atoms with Gasteiger partial charge in [0.2, 0.25) is 0 Å². The van der Waals surface area contributed by atoms with E-state index in [1.54, 1.807) is 12.1 Å². The summed E-state index contributed by atoms with van der Waals surface area (Å²) in [4.78, 5) is 4.51. The Balaban J connectivity index is 2.02. The summed E-state index contributed by atoms with van der Waals surface area (Å²) < 4.78 is 13.8. The number of hydrogen-bond donors (Lipinski definition) is 1. The van der Waals surface area contributed by atoms with Crippen LogP contribution in [-0.2, 0) is 6.42 Å². The van der Waals surface area contributed by atoms with E-state index in [4.69, 9.17) is 5.73 Å². The highest BCUT2D eigenvalue weighted by Crippen LogP contribution is 2.25. The molecule has 0 aliphatic rings. The van der Waals surface area contributed by atoms with Gasteiger partial charge in [0.05, 0.1) is 5.52 Å². The second-order valence-electron chi connectivity index (χ2n) is 5.27. The van der Waals surface area contributed by atoms with Crippen LogP contribution in [0.5, 0.6) is 0 Å². The summed E-state index contributed by atoms with van der Waals surface area (Å²) in [5.41, 5.74) is 9.84. The van der Waals surface area contributed by atoms with Crippen molar-refractivity contribution in [3.05, 3.63) is 77.2 Å². The Morgan fingerprint density at radius 1 is 1.10 bits per heavy atom. The first kappa shape index (κ1) is 13.7. The molecular weight excluding hydrogens is 263 g/mol. The predicted octanol–water partition coefficient (Wildman–Crippen LogP) is 3.92. The minimum Gasteiger partial charge on any atom is -0.324 e. The van der Waals surface area contributed by atoms with Crippen LogP contribution in [0, 0.1) is 12.7 Å². The Kier molecular flexibility index (Phi) is 3.67. The number of para-hydroxylation sites is 1. The Morgan fingerprint density at radius 2 is 1.81 bits per heavy atom. The van der Waals surface area contributed by atoms with E-state index in [2.05, 4.69) is 4.98 Å². The normalized spacial score (nSPS) is 12.5. The minimum atomic E-state index is -0.256. The molecule has 2 N–H and O–H groups in total. The fraction of sp³-hybridized carbons (Fsp3) is 0.167. The minimum absolute atomic E-state index is 0.206. The van der Waals surface area contributed by atoms with Gasteiger partial charge in [0.1, 0.15) is 5.82 Å². The van der Waals surface area contributed by atoms with Crippen molar-refractivity contribution < 1.29 is 4.39 Å². The number of nitrogens with zero attached hydrogens (tertiary/aromatic N) is 1. The van der Waals surface area contributed by atoms with Gasteiger partial charge in [-0.2, -0.15) is 0 Å². The fourth-order valence-electron chi connectivity index (χ4n) is 2.66. The molecule has 2 nitrogen and oxygen atoms in total. The molecule has 3 heteroatoms. The second kappa shape index (κ2) is 5.62. The third kappa shape index (κ3) is 2.78. The lowest BCUT2D eigenvalue weighted by Crippen LogP contribution is -2.15. The summed E-state index contributed by atoms with van der Waals surface area (Å²) in [6.07, 6.45) is 0.472. The molecule has 0 spiro atoms. The molecule has 0 fully saturated rings. The van der Waals surface area contributed by atoms with Gasteiger partial charge in [-0.1, -0.05) is 36.4 Å². The van der Waals surface area contributed by atoms with Crippen LogP contribution in [0.15, 0.2) is 54.6 Å². The molecule has 0 amide bonds. The lowest BCUT2D eigenvalue weighted by molar-refractivity contribution is 0.594. The molecule has 3 rings (SSSR count). The largest absolute Gasteiger partial charge is 0.324 e. The number of aryl methyl sites for hydroxylation is 1. The van der Waals surface area contributed by atoms with Crippen LogP contribution >= 0.6 is 0 Å². The number of halogens is 1. The van der Waals surface area contributed by atoms with Gasteiger partial charge in [-0.3, -0.25) is 4.98 Å². The molecule has 2 aromatic carbocycles. The highest BCUT2D eigenvalue weighted by atomic mass is 19.1. The van der Waals surface area contributed by atoms with Crippen LogP contribution in [0.4, 0.5) is 4.39 Å². The Bertz CT molecular complexity index is 783. The number of nitrogens with two attached hydrogens (primary N) is 1. The summed E-state index contributed by atoms with van der Waals surface area (Å²) in [6.45, 7) is 1.95. The molecule has 0 saturated heterocycles. The van der Waals surface area contributed by atoms with Crippen LogP contribution in [0.2, 0.25) is 0 Å². The van der Waals surface area contributed by atoms with Crippen molar-refractivity contribution in [1.29, 1.82) is 0 Å². The SMILES string of the molecule is Cc1cc(C(N)Cc2ccccc2F)c2ccccc2n1. The quantitative estimate of drug-likeness (QED) is 0.789. The third-order valence-corrected chi connectivity index (χ3v) is 3.67. The van der Waals surface area contributed by atoms with Crippen LogP contribution in [0.25, 0.3) is 10.9 Å². The zero-order valence-corrected chi connectivity index (χ0v) is 11.9. The highest BCUT2D eigenvalue weighted by Gasteiger charge is 2.14. The van der Waals surface area contributed by atoms with Crippen molar-refractivity contribution in [3.63, 3.8) is 0 Å². The molecule has 1 heterocycles. The van der Waals surface area contributed by atoms with Gasteiger partial charge in [-0.05, 0) is 42.7 Å². The smallest absolute Gasteiger partial charge is 0.126 e. The van der Waals surface area contributed by atoms with Crippen molar-refractivity contribution in [2.24, 2.45) is 5.73 Å². The number of fused-ring (bicyclic) bond motifs is 1. The van der Waals surface area contributed by atoms with Crippen molar-refractivity contribution in [2.45, 2.75) is 19.4 Å². The molecule has 0 aliphatic carbocycles. The van der Waals surface area contributed by atoms with Gasteiger partial charge in [0, 0.05) is 17.1 Å². The molecule has 1 atom stereocenters. The molecule has 21 heavy (non-hydrogen) atoms. The molecule has 106 valence electrons. The summed E-state index contributed by atoms with van der Waals surface area (Å²) in [6, 6.07) is 16.4. The fourth-order valence-corrected chi connectivity index (χ4v) is 2.66. The zero-order valence-electron chi connectivity index (χ0n) is 11.9. The van der Waals surface area contributed by atoms with E-state index in [9.17, 15) is 4.39 Å². The van der Waals surface area contributed by atoms with Gasteiger partial charge in [0.25, 0.3) is 0 Å². The van der Waals surface area contributed by atoms with Crippen molar-refractivity contribution in [3.8, 4) is 0 Å². The number of hydrogen-bond acceptors (Lipinski definition) is 2. The van der Waals surface area contributed by atoms with E-state index in [0.717, 1.165) is 22.2 Å². The first-order valence-electron chi connectivity index (χ1n) is 7.00. The maximum Gasteiger partial charge on any atom is 0.126 e. The topological polar surface area (TPSA) is 38.9 Å².